The maximum Gasteiger partial charge on any atom is 0.220 e. The maximum atomic E-state index is 12.2. The van der Waals surface area contributed by atoms with Crippen molar-refractivity contribution in [2.45, 2.75) is 31.5 Å². The standard InChI is InChI=1S/C27H28N4O2S/c1-20-10-12-22(13-11-20)26-29-30-27(31(26)23-14-16-24(33-2)17-15-23)34-18-6-9-25(32)28-19-21-7-4-3-5-8-21/h3-5,7-8,10-17H,6,9,18-19H2,1-2H3,(H,28,32). The van der Waals surface area contributed by atoms with Crippen molar-refractivity contribution in [3.63, 3.8) is 0 Å². The quantitative estimate of drug-likeness (QED) is 0.246. The van der Waals surface area contributed by atoms with Crippen molar-refractivity contribution in [3.8, 4) is 22.8 Å². The van der Waals surface area contributed by atoms with Crippen molar-refractivity contribution in [1.82, 2.24) is 20.1 Å². The number of amides is 1. The number of aromatic nitrogens is 3. The molecule has 0 saturated carbocycles. The molecular formula is C27H28N4O2S. The van der Waals surface area contributed by atoms with Gasteiger partial charge in [0, 0.05) is 30.0 Å². The number of thioether (sulfide) groups is 1. The molecule has 1 amide bonds. The van der Waals surface area contributed by atoms with Crippen LogP contribution < -0.4 is 10.1 Å². The fraction of sp³-hybridized carbons (Fsp3) is 0.222. The average molecular weight is 473 g/mol. The lowest BCUT2D eigenvalue weighted by atomic mass is 10.1. The Morgan fingerprint density at radius 2 is 1.71 bits per heavy atom. The summed E-state index contributed by atoms with van der Waals surface area (Å²) in [5, 5.41) is 12.7. The van der Waals surface area contributed by atoms with Crippen LogP contribution in [0.4, 0.5) is 0 Å². The SMILES string of the molecule is COc1ccc(-n2c(SCCCC(=O)NCc3ccccc3)nnc2-c2ccc(C)cc2)cc1. The summed E-state index contributed by atoms with van der Waals surface area (Å²) in [5.41, 5.74) is 4.26. The molecular weight excluding hydrogens is 444 g/mol. The molecule has 1 heterocycles. The zero-order valence-corrected chi connectivity index (χ0v) is 20.2. The molecule has 6 nitrogen and oxygen atoms in total. The van der Waals surface area contributed by atoms with Crippen molar-refractivity contribution in [2.24, 2.45) is 0 Å². The predicted molar refractivity (Wildman–Crippen MR) is 136 cm³/mol. The van der Waals surface area contributed by atoms with Crippen LogP contribution in [0.15, 0.2) is 84.0 Å². The van der Waals surface area contributed by atoms with Gasteiger partial charge in [-0.3, -0.25) is 9.36 Å². The van der Waals surface area contributed by atoms with Crippen LogP contribution in [-0.4, -0.2) is 33.5 Å². The third kappa shape index (κ3) is 6.05. The van der Waals surface area contributed by atoms with E-state index < -0.39 is 0 Å². The zero-order valence-electron chi connectivity index (χ0n) is 19.4. The molecule has 0 aliphatic carbocycles. The summed E-state index contributed by atoms with van der Waals surface area (Å²) in [6, 6.07) is 26.1. The van der Waals surface area contributed by atoms with Crippen LogP contribution in [0.25, 0.3) is 17.1 Å². The van der Waals surface area contributed by atoms with Crippen LogP contribution in [0.2, 0.25) is 0 Å². The summed E-state index contributed by atoms with van der Waals surface area (Å²) in [6.45, 7) is 2.62. The average Bonchev–Trinajstić information content (AvgIpc) is 3.30. The molecule has 1 aromatic heterocycles. The Labute approximate surface area is 204 Å². The molecule has 0 radical (unpaired) electrons. The first-order chi connectivity index (χ1) is 16.6. The van der Waals surface area contributed by atoms with E-state index >= 15 is 0 Å². The van der Waals surface area contributed by atoms with Crippen molar-refractivity contribution in [1.29, 1.82) is 0 Å². The van der Waals surface area contributed by atoms with Crippen LogP contribution >= 0.6 is 11.8 Å². The molecule has 4 aromatic rings. The first-order valence-electron chi connectivity index (χ1n) is 11.2. The Morgan fingerprint density at radius 3 is 2.41 bits per heavy atom. The highest BCUT2D eigenvalue weighted by molar-refractivity contribution is 7.99. The molecule has 0 aliphatic rings. The van der Waals surface area contributed by atoms with Gasteiger partial charge in [-0.2, -0.15) is 0 Å². The van der Waals surface area contributed by atoms with E-state index in [0.717, 1.165) is 45.7 Å². The van der Waals surface area contributed by atoms with Crippen LogP contribution in [0.1, 0.15) is 24.0 Å². The van der Waals surface area contributed by atoms with E-state index in [9.17, 15) is 4.79 Å². The Balaban J connectivity index is 1.42. The molecule has 0 spiro atoms. The topological polar surface area (TPSA) is 69.0 Å². The number of hydrogen-bond donors (Lipinski definition) is 1. The van der Waals surface area contributed by atoms with Crippen LogP contribution in [0.3, 0.4) is 0 Å². The van der Waals surface area contributed by atoms with Crippen molar-refractivity contribution in [3.05, 3.63) is 90.0 Å². The highest BCUT2D eigenvalue weighted by Crippen LogP contribution is 2.29. The number of benzene rings is 3. The first-order valence-corrected chi connectivity index (χ1v) is 12.2. The number of carbonyl (C=O) groups is 1. The largest absolute Gasteiger partial charge is 0.497 e. The third-order valence-electron chi connectivity index (χ3n) is 5.39. The lowest BCUT2D eigenvalue weighted by molar-refractivity contribution is -0.121. The van der Waals surface area contributed by atoms with Crippen LogP contribution in [0, 0.1) is 6.92 Å². The zero-order chi connectivity index (χ0) is 23.8. The minimum Gasteiger partial charge on any atom is -0.497 e. The van der Waals surface area contributed by atoms with Crippen molar-refractivity contribution < 1.29 is 9.53 Å². The molecule has 34 heavy (non-hydrogen) atoms. The van der Waals surface area contributed by atoms with Gasteiger partial charge in [0.25, 0.3) is 0 Å². The number of rotatable bonds is 10. The van der Waals surface area contributed by atoms with E-state index in [-0.39, 0.29) is 5.91 Å². The van der Waals surface area contributed by atoms with Gasteiger partial charge in [-0.1, -0.05) is 71.9 Å². The minimum atomic E-state index is 0.0569. The molecule has 0 unspecified atom stereocenters. The van der Waals surface area contributed by atoms with Gasteiger partial charge < -0.3 is 10.1 Å². The van der Waals surface area contributed by atoms with Crippen LogP contribution in [0.5, 0.6) is 5.75 Å². The molecule has 0 fully saturated rings. The van der Waals surface area contributed by atoms with Gasteiger partial charge in [0.1, 0.15) is 5.75 Å². The van der Waals surface area contributed by atoms with Gasteiger partial charge in [-0.15, -0.1) is 10.2 Å². The van der Waals surface area contributed by atoms with Crippen LogP contribution in [-0.2, 0) is 11.3 Å². The Kier molecular flexibility index (Phi) is 7.99. The molecule has 0 saturated heterocycles. The number of hydrogen-bond acceptors (Lipinski definition) is 5. The summed E-state index contributed by atoms with van der Waals surface area (Å²) in [6.07, 6.45) is 1.22. The summed E-state index contributed by atoms with van der Waals surface area (Å²) in [4.78, 5) is 12.2. The number of nitrogens with one attached hydrogen (secondary N) is 1. The Hall–Kier alpha value is -3.58. The molecule has 0 atom stereocenters. The Bertz CT molecular complexity index is 1210. The monoisotopic (exact) mass is 472 g/mol. The molecule has 4 rings (SSSR count). The van der Waals surface area contributed by atoms with Gasteiger partial charge in [0.2, 0.25) is 5.91 Å². The Morgan fingerprint density at radius 1 is 0.971 bits per heavy atom. The first kappa shape index (κ1) is 23.6. The second kappa shape index (κ2) is 11.5. The van der Waals surface area contributed by atoms with E-state index in [2.05, 4.69) is 51.3 Å². The van der Waals surface area contributed by atoms with Gasteiger partial charge in [-0.05, 0) is 43.2 Å². The van der Waals surface area contributed by atoms with Gasteiger partial charge in [0.05, 0.1) is 7.11 Å². The fourth-order valence-corrected chi connectivity index (χ4v) is 4.39. The number of aryl methyl sites for hydroxylation is 1. The number of carbonyl (C=O) groups excluding carboxylic acids is 1. The van der Waals surface area contributed by atoms with E-state index in [1.54, 1.807) is 18.9 Å². The maximum absolute atomic E-state index is 12.2. The summed E-state index contributed by atoms with van der Waals surface area (Å²) < 4.78 is 7.37. The third-order valence-corrected chi connectivity index (χ3v) is 6.40. The van der Waals surface area contributed by atoms with Gasteiger partial charge >= 0.3 is 0 Å². The minimum absolute atomic E-state index is 0.0569. The van der Waals surface area contributed by atoms with Gasteiger partial charge in [0.15, 0.2) is 11.0 Å². The normalized spacial score (nSPS) is 10.8. The highest BCUT2D eigenvalue weighted by Gasteiger charge is 2.16. The summed E-state index contributed by atoms with van der Waals surface area (Å²) in [5.74, 6) is 2.40. The molecule has 0 bridgehead atoms. The van der Waals surface area contributed by atoms with E-state index in [1.165, 1.54) is 5.56 Å². The smallest absolute Gasteiger partial charge is 0.220 e. The summed E-state index contributed by atoms with van der Waals surface area (Å²) >= 11 is 1.61. The van der Waals surface area contributed by atoms with E-state index in [1.807, 2.05) is 54.6 Å². The van der Waals surface area contributed by atoms with Gasteiger partial charge in [-0.25, -0.2) is 0 Å². The molecule has 1 N–H and O–H groups in total. The lowest BCUT2D eigenvalue weighted by Crippen LogP contribution is -2.22. The second-order valence-electron chi connectivity index (χ2n) is 7.92. The number of ether oxygens (including phenoxy) is 1. The van der Waals surface area contributed by atoms with E-state index in [0.29, 0.717) is 13.0 Å². The number of methoxy groups -OCH3 is 1. The molecule has 0 aliphatic heterocycles. The molecule has 174 valence electrons. The lowest BCUT2D eigenvalue weighted by Gasteiger charge is -2.11. The van der Waals surface area contributed by atoms with Crippen molar-refractivity contribution >= 4 is 17.7 Å². The highest BCUT2D eigenvalue weighted by atomic mass is 32.2. The number of nitrogens with zero attached hydrogens (tertiary/aromatic N) is 3. The van der Waals surface area contributed by atoms with Crippen molar-refractivity contribution in [2.75, 3.05) is 12.9 Å². The fourth-order valence-electron chi connectivity index (χ4n) is 3.50. The van der Waals surface area contributed by atoms with E-state index in [4.69, 9.17) is 4.74 Å². The second-order valence-corrected chi connectivity index (χ2v) is 8.98. The summed E-state index contributed by atoms with van der Waals surface area (Å²) in [7, 11) is 1.66. The predicted octanol–water partition coefficient (Wildman–Crippen LogP) is 5.44. The molecule has 7 heteroatoms. The molecule has 3 aromatic carbocycles.